The van der Waals surface area contributed by atoms with Crippen molar-refractivity contribution in [2.45, 2.75) is 36.1 Å². The number of carbonyl (C=O) groups excluding carboxylic acids is 1. The normalized spacial score (nSPS) is 21.2. The number of nitrogens with zero attached hydrogens (tertiary/aromatic N) is 4. The molecule has 26 heavy (non-hydrogen) atoms. The van der Waals surface area contributed by atoms with Gasteiger partial charge in [0.25, 0.3) is 0 Å². The highest BCUT2D eigenvalue weighted by molar-refractivity contribution is 8.00. The minimum Gasteiger partial charge on any atom is -0.378 e. The van der Waals surface area contributed by atoms with Gasteiger partial charge in [0.05, 0.1) is 24.2 Å². The SMILES string of the molecule is O=C1CCCCC1Sc1nnc(N2CCOCC2)n1-c1cccc(F)c1. The summed E-state index contributed by atoms with van der Waals surface area (Å²) in [7, 11) is 0. The standard InChI is InChI=1S/C18H21FN4O2S/c19-13-4-3-5-14(12-13)23-17(22-8-10-25-11-9-22)20-21-18(23)26-16-7-2-1-6-15(16)24/h3-5,12,16H,1-2,6-11H2. The molecule has 0 spiro atoms. The van der Waals surface area contributed by atoms with E-state index in [1.165, 1.54) is 23.9 Å². The Bertz CT molecular complexity index is 791. The summed E-state index contributed by atoms with van der Waals surface area (Å²) in [4.78, 5) is 14.3. The van der Waals surface area contributed by atoms with Gasteiger partial charge in [0.15, 0.2) is 5.16 Å². The fourth-order valence-corrected chi connectivity index (χ4v) is 4.52. The van der Waals surface area contributed by atoms with Crippen LogP contribution >= 0.6 is 11.8 Å². The Morgan fingerprint density at radius 2 is 2.04 bits per heavy atom. The zero-order chi connectivity index (χ0) is 17.9. The number of thioether (sulfide) groups is 1. The van der Waals surface area contributed by atoms with Crippen LogP contribution in [0.4, 0.5) is 10.3 Å². The molecule has 0 radical (unpaired) electrons. The third kappa shape index (κ3) is 3.61. The van der Waals surface area contributed by atoms with Gasteiger partial charge in [0, 0.05) is 19.5 Å². The Labute approximate surface area is 155 Å². The minimum atomic E-state index is -0.311. The molecule has 0 N–H and O–H groups in total. The molecule has 4 rings (SSSR count). The predicted octanol–water partition coefficient (Wildman–Crippen LogP) is 2.85. The van der Waals surface area contributed by atoms with Crippen molar-refractivity contribution in [3.63, 3.8) is 0 Å². The molecule has 1 aliphatic carbocycles. The number of morpholine rings is 1. The molecule has 2 fully saturated rings. The lowest BCUT2D eigenvalue weighted by Gasteiger charge is -2.28. The number of aromatic nitrogens is 3. The van der Waals surface area contributed by atoms with Crippen LogP contribution in [0.25, 0.3) is 5.69 Å². The van der Waals surface area contributed by atoms with Gasteiger partial charge in [-0.25, -0.2) is 4.39 Å². The molecule has 1 saturated heterocycles. The van der Waals surface area contributed by atoms with E-state index in [1.807, 2.05) is 10.6 Å². The fourth-order valence-electron chi connectivity index (χ4n) is 3.35. The van der Waals surface area contributed by atoms with Crippen molar-refractivity contribution in [1.82, 2.24) is 14.8 Å². The molecule has 1 saturated carbocycles. The summed E-state index contributed by atoms with van der Waals surface area (Å²) < 4.78 is 21.1. The van der Waals surface area contributed by atoms with Gasteiger partial charge in [-0.15, -0.1) is 10.2 Å². The van der Waals surface area contributed by atoms with E-state index in [-0.39, 0.29) is 16.9 Å². The van der Waals surface area contributed by atoms with Gasteiger partial charge in [-0.3, -0.25) is 9.36 Å². The van der Waals surface area contributed by atoms with Crippen LogP contribution in [0.1, 0.15) is 25.7 Å². The molecular weight excluding hydrogens is 355 g/mol. The smallest absolute Gasteiger partial charge is 0.232 e. The molecule has 0 bridgehead atoms. The maximum Gasteiger partial charge on any atom is 0.232 e. The van der Waals surface area contributed by atoms with E-state index < -0.39 is 0 Å². The van der Waals surface area contributed by atoms with Crippen LogP contribution in [-0.4, -0.2) is 52.1 Å². The lowest BCUT2D eigenvalue weighted by molar-refractivity contribution is -0.119. The maximum atomic E-state index is 13.8. The Morgan fingerprint density at radius 3 is 2.81 bits per heavy atom. The van der Waals surface area contributed by atoms with Gasteiger partial charge < -0.3 is 9.64 Å². The lowest BCUT2D eigenvalue weighted by Crippen LogP contribution is -2.38. The Kier molecular flexibility index (Phi) is 5.21. The Balaban J connectivity index is 1.71. The molecule has 8 heteroatoms. The van der Waals surface area contributed by atoms with Gasteiger partial charge in [0.1, 0.15) is 11.6 Å². The maximum absolute atomic E-state index is 13.8. The second-order valence-corrected chi connectivity index (χ2v) is 7.69. The number of Topliss-reactive ketones (excluding diaryl/α,β-unsaturated/α-hetero) is 1. The van der Waals surface area contributed by atoms with Gasteiger partial charge in [0.2, 0.25) is 5.95 Å². The quantitative estimate of drug-likeness (QED) is 0.818. The largest absolute Gasteiger partial charge is 0.378 e. The summed E-state index contributed by atoms with van der Waals surface area (Å²) in [5.74, 6) is 0.626. The second-order valence-electron chi connectivity index (χ2n) is 6.52. The number of ketones is 1. The fraction of sp³-hybridized carbons (Fsp3) is 0.500. The van der Waals surface area contributed by atoms with Gasteiger partial charge in [-0.1, -0.05) is 24.2 Å². The highest BCUT2D eigenvalue weighted by atomic mass is 32.2. The number of carbonyl (C=O) groups is 1. The first-order valence-electron chi connectivity index (χ1n) is 8.96. The Hall–Kier alpha value is -1.93. The summed E-state index contributed by atoms with van der Waals surface area (Å²) in [5.41, 5.74) is 0.669. The van der Waals surface area contributed by atoms with Crippen LogP contribution in [0, 0.1) is 5.82 Å². The van der Waals surface area contributed by atoms with E-state index in [4.69, 9.17) is 4.74 Å². The monoisotopic (exact) mass is 376 g/mol. The zero-order valence-electron chi connectivity index (χ0n) is 14.4. The van der Waals surface area contributed by atoms with Crippen molar-refractivity contribution >= 4 is 23.5 Å². The van der Waals surface area contributed by atoms with Crippen LogP contribution in [0.3, 0.4) is 0 Å². The minimum absolute atomic E-state index is 0.0993. The van der Waals surface area contributed by atoms with Crippen LogP contribution in [0.2, 0.25) is 0 Å². The number of halogens is 1. The molecule has 1 atom stereocenters. The molecule has 1 aromatic heterocycles. The third-order valence-electron chi connectivity index (χ3n) is 4.72. The van der Waals surface area contributed by atoms with E-state index >= 15 is 0 Å². The topological polar surface area (TPSA) is 60.3 Å². The lowest BCUT2D eigenvalue weighted by atomic mass is 9.99. The average molecular weight is 376 g/mol. The molecule has 2 heterocycles. The summed E-state index contributed by atoms with van der Waals surface area (Å²) in [6.45, 7) is 2.67. The van der Waals surface area contributed by atoms with E-state index in [0.29, 0.717) is 49.5 Å². The summed E-state index contributed by atoms with van der Waals surface area (Å²) >= 11 is 1.44. The molecular formula is C18H21FN4O2S. The highest BCUT2D eigenvalue weighted by Gasteiger charge is 2.28. The van der Waals surface area contributed by atoms with Crippen molar-refractivity contribution < 1.29 is 13.9 Å². The highest BCUT2D eigenvalue weighted by Crippen LogP contribution is 2.34. The number of benzene rings is 1. The van der Waals surface area contributed by atoms with Crippen LogP contribution < -0.4 is 4.90 Å². The van der Waals surface area contributed by atoms with E-state index in [1.54, 1.807) is 6.07 Å². The molecule has 6 nitrogen and oxygen atoms in total. The average Bonchev–Trinajstić information content (AvgIpc) is 3.08. The predicted molar refractivity (Wildman–Crippen MR) is 97.5 cm³/mol. The molecule has 1 unspecified atom stereocenters. The molecule has 1 aliphatic heterocycles. The molecule has 1 aromatic carbocycles. The van der Waals surface area contributed by atoms with E-state index in [0.717, 1.165) is 19.3 Å². The number of hydrogen-bond acceptors (Lipinski definition) is 6. The number of ether oxygens (including phenoxy) is 1. The van der Waals surface area contributed by atoms with Crippen molar-refractivity contribution in [2.75, 3.05) is 31.2 Å². The van der Waals surface area contributed by atoms with E-state index in [2.05, 4.69) is 15.1 Å². The van der Waals surface area contributed by atoms with Crippen molar-refractivity contribution in [2.24, 2.45) is 0 Å². The zero-order valence-corrected chi connectivity index (χ0v) is 15.3. The number of hydrogen-bond donors (Lipinski definition) is 0. The summed E-state index contributed by atoms with van der Waals surface area (Å²) in [6, 6.07) is 6.40. The number of anilines is 1. The number of rotatable bonds is 4. The van der Waals surface area contributed by atoms with Gasteiger partial charge >= 0.3 is 0 Å². The third-order valence-corrected chi connectivity index (χ3v) is 5.98. The first-order chi connectivity index (χ1) is 12.7. The first-order valence-corrected chi connectivity index (χ1v) is 9.84. The van der Waals surface area contributed by atoms with Crippen LogP contribution in [0.15, 0.2) is 29.4 Å². The van der Waals surface area contributed by atoms with Crippen molar-refractivity contribution in [3.8, 4) is 5.69 Å². The molecule has 0 amide bonds. The second kappa shape index (κ2) is 7.75. The van der Waals surface area contributed by atoms with Crippen LogP contribution in [0.5, 0.6) is 0 Å². The first kappa shape index (κ1) is 17.5. The molecule has 2 aliphatic rings. The molecule has 138 valence electrons. The van der Waals surface area contributed by atoms with E-state index in [9.17, 15) is 9.18 Å². The van der Waals surface area contributed by atoms with Crippen molar-refractivity contribution in [1.29, 1.82) is 0 Å². The summed E-state index contributed by atoms with van der Waals surface area (Å²) in [6.07, 6.45) is 3.49. The molecule has 2 aromatic rings. The Morgan fingerprint density at radius 1 is 1.19 bits per heavy atom. The van der Waals surface area contributed by atoms with Crippen molar-refractivity contribution in [3.05, 3.63) is 30.1 Å². The van der Waals surface area contributed by atoms with Gasteiger partial charge in [-0.2, -0.15) is 0 Å². The van der Waals surface area contributed by atoms with Crippen LogP contribution in [-0.2, 0) is 9.53 Å². The summed E-state index contributed by atoms with van der Waals surface area (Å²) in [5, 5.41) is 9.25. The van der Waals surface area contributed by atoms with Gasteiger partial charge in [-0.05, 0) is 31.0 Å².